The molecule has 0 unspecified atom stereocenters. The van der Waals surface area contributed by atoms with Crippen molar-refractivity contribution in [2.75, 3.05) is 0 Å². The smallest absolute Gasteiger partial charge is 0.178 e. The Morgan fingerprint density at radius 3 is 2.45 bits per heavy atom. The van der Waals surface area contributed by atoms with Gasteiger partial charge in [0, 0.05) is 12.6 Å². The molecule has 0 aliphatic heterocycles. The Morgan fingerprint density at radius 2 is 2.00 bits per heavy atom. The van der Waals surface area contributed by atoms with Crippen molar-refractivity contribution in [2.24, 2.45) is 0 Å². The van der Waals surface area contributed by atoms with Crippen molar-refractivity contribution in [2.45, 2.75) is 20.8 Å². The molecule has 0 radical (unpaired) electrons. The first-order valence-corrected chi connectivity index (χ1v) is 3.56. The third kappa shape index (κ3) is 1.64. The van der Waals surface area contributed by atoms with Crippen LogP contribution in [0.15, 0.2) is 12.1 Å². The molecule has 1 aromatic rings. The molecular weight excluding hydrogens is 138 g/mol. The highest BCUT2D eigenvalue weighted by Crippen LogP contribution is 2.05. The van der Waals surface area contributed by atoms with Gasteiger partial charge in [0.15, 0.2) is 5.78 Å². The highest BCUT2D eigenvalue weighted by Gasteiger charge is 2.04. The van der Waals surface area contributed by atoms with E-state index in [1.54, 1.807) is 0 Å². The summed E-state index contributed by atoms with van der Waals surface area (Å²) in [4.78, 5) is 15.1. The van der Waals surface area contributed by atoms with Crippen LogP contribution in [0.5, 0.6) is 0 Å². The number of Topliss-reactive ketones (excluding diaryl/α,β-unsaturated/α-hetero) is 1. The Kier molecular flexibility index (Phi) is 2.03. The molecule has 0 bridgehead atoms. The fourth-order valence-corrected chi connectivity index (χ4v) is 0.983. The fourth-order valence-electron chi connectivity index (χ4n) is 0.983. The summed E-state index contributed by atoms with van der Waals surface area (Å²) in [5, 5.41) is 0. The van der Waals surface area contributed by atoms with Gasteiger partial charge in [0.05, 0.1) is 0 Å². The van der Waals surface area contributed by atoms with E-state index in [2.05, 4.69) is 4.98 Å². The van der Waals surface area contributed by atoms with Gasteiger partial charge in [0.2, 0.25) is 0 Å². The summed E-state index contributed by atoms with van der Waals surface area (Å²) in [6, 6.07) is 3.82. The Hall–Kier alpha value is -1.18. The van der Waals surface area contributed by atoms with Gasteiger partial charge in [-0.25, -0.2) is 4.98 Å². The van der Waals surface area contributed by atoms with E-state index in [9.17, 15) is 4.79 Å². The van der Waals surface area contributed by atoms with Gasteiger partial charge in [-0.1, -0.05) is 6.07 Å². The Labute approximate surface area is 66.3 Å². The van der Waals surface area contributed by atoms with Crippen LogP contribution in [-0.4, -0.2) is 10.8 Å². The summed E-state index contributed by atoms with van der Waals surface area (Å²) in [5.74, 6) is 0.0335. The lowest BCUT2D eigenvalue weighted by atomic mass is 10.1. The minimum atomic E-state index is 0.0335. The maximum Gasteiger partial charge on any atom is 0.178 e. The van der Waals surface area contributed by atoms with E-state index in [-0.39, 0.29) is 5.78 Å². The molecule has 58 valence electrons. The largest absolute Gasteiger partial charge is 0.293 e. The van der Waals surface area contributed by atoms with Gasteiger partial charge in [0.1, 0.15) is 5.69 Å². The number of hydrogen-bond donors (Lipinski definition) is 0. The fraction of sp³-hybridized carbons (Fsp3) is 0.333. The SMILES string of the molecule is CC(=O)c1nc(C)ccc1C. The van der Waals surface area contributed by atoms with Crippen LogP contribution in [0.1, 0.15) is 28.7 Å². The third-order valence-corrected chi connectivity index (χ3v) is 1.57. The van der Waals surface area contributed by atoms with Gasteiger partial charge >= 0.3 is 0 Å². The molecule has 0 saturated heterocycles. The van der Waals surface area contributed by atoms with Gasteiger partial charge in [-0.2, -0.15) is 0 Å². The van der Waals surface area contributed by atoms with Crippen molar-refractivity contribution in [1.29, 1.82) is 0 Å². The van der Waals surface area contributed by atoms with E-state index in [1.165, 1.54) is 6.92 Å². The number of nitrogens with zero attached hydrogens (tertiary/aromatic N) is 1. The summed E-state index contributed by atoms with van der Waals surface area (Å²) in [6.07, 6.45) is 0. The summed E-state index contributed by atoms with van der Waals surface area (Å²) in [6.45, 7) is 5.31. The van der Waals surface area contributed by atoms with Crippen LogP contribution in [0.4, 0.5) is 0 Å². The van der Waals surface area contributed by atoms with Crippen LogP contribution in [-0.2, 0) is 0 Å². The van der Waals surface area contributed by atoms with E-state index in [4.69, 9.17) is 0 Å². The molecular formula is C9H11NO. The molecule has 0 spiro atoms. The van der Waals surface area contributed by atoms with Crippen molar-refractivity contribution < 1.29 is 4.79 Å². The van der Waals surface area contributed by atoms with E-state index in [0.29, 0.717) is 5.69 Å². The number of pyridine rings is 1. The molecule has 2 nitrogen and oxygen atoms in total. The predicted molar refractivity (Wildman–Crippen MR) is 43.7 cm³/mol. The van der Waals surface area contributed by atoms with Crippen LogP contribution in [0.25, 0.3) is 0 Å². The molecule has 0 fully saturated rings. The number of carbonyl (C=O) groups is 1. The van der Waals surface area contributed by atoms with Gasteiger partial charge in [-0.3, -0.25) is 4.79 Å². The van der Waals surface area contributed by atoms with Crippen molar-refractivity contribution in [1.82, 2.24) is 4.98 Å². The number of hydrogen-bond acceptors (Lipinski definition) is 2. The molecule has 1 heterocycles. The standard InChI is InChI=1S/C9H11NO/c1-6-4-5-7(2)10-9(6)8(3)11/h4-5H,1-3H3. The third-order valence-electron chi connectivity index (χ3n) is 1.57. The average molecular weight is 149 g/mol. The van der Waals surface area contributed by atoms with Gasteiger partial charge in [-0.05, 0) is 25.5 Å². The number of rotatable bonds is 1. The molecule has 11 heavy (non-hydrogen) atoms. The molecule has 0 saturated carbocycles. The number of ketones is 1. The molecule has 0 aliphatic rings. The summed E-state index contributed by atoms with van der Waals surface area (Å²) < 4.78 is 0. The van der Waals surface area contributed by atoms with Gasteiger partial charge in [0.25, 0.3) is 0 Å². The second kappa shape index (κ2) is 2.82. The lowest BCUT2D eigenvalue weighted by Crippen LogP contribution is -2.00. The second-order valence-electron chi connectivity index (χ2n) is 2.67. The van der Waals surface area contributed by atoms with Gasteiger partial charge in [-0.15, -0.1) is 0 Å². The highest BCUT2D eigenvalue weighted by atomic mass is 16.1. The van der Waals surface area contributed by atoms with E-state index >= 15 is 0 Å². The van der Waals surface area contributed by atoms with E-state index in [1.807, 2.05) is 26.0 Å². The quantitative estimate of drug-likeness (QED) is 0.571. The van der Waals surface area contributed by atoms with Crippen LogP contribution < -0.4 is 0 Å². The normalized spacial score (nSPS) is 9.73. The van der Waals surface area contributed by atoms with Crippen LogP contribution in [0, 0.1) is 13.8 Å². The summed E-state index contributed by atoms with van der Waals surface area (Å²) in [5.41, 5.74) is 2.42. The minimum Gasteiger partial charge on any atom is -0.293 e. The lowest BCUT2D eigenvalue weighted by Gasteiger charge is -2.00. The topological polar surface area (TPSA) is 30.0 Å². The first kappa shape index (κ1) is 7.92. The molecule has 1 rings (SSSR count). The molecule has 0 amide bonds. The number of carbonyl (C=O) groups excluding carboxylic acids is 1. The minimum absolute atomic E-state index is 0.0335. The van der Waals surface area contributed by atoms with Crippen molar-refractivity contribution in [3.8, 4) is 0 Å². The number of aryl methyl sites for hydroxylation is 2. The van der Waals surface area contributed by atoms with E-state index in [0.717, 1.165) is 11.3 Å². The first-order valence-electron chi connectivity index (χ1n) is 3.56. The molecule has 0 aromatic carbocycles. The summed E-state index contributed by atoms with van der Waals surface area (Å²) in [7, 11) is 0. The molecule has 0 aliphatic carbocycles. The van der Waals surface area contributed by atoms with Crippen LogP contribution in [0.3, 0.4) is 0 Å². The zero-order valence-corrected chi connectivity index (χ0v) is 7.01. The first-order chi connectivity index (χ1) is 5.11. The van der Waals surface area contributed by atoms with Gasteiger partial charge < -0.3 is 0 Å². The lowest BCUT2D eigenvalue weighted by molar-refractivity contribution is 0.101. The van der Waals surface area contributed by atoms with Crippen molar-refractivity contribution in [3.05, 3.63) is 29.1 Å². The molecule has 0 N–H and O–H groups in total. The van der Waals surface area contributed by atoms with E-state index < -0.39 is 0 Å². The Bertz CT molecular complexity index is 292. The highest BCUT2D eigenvalue weighted by molar-refractivity contribution is 5.93. The zero-order valence-electron chi connectivity index (χ0n) is 7.01. The number of aromatic nitrogens is 1. The zero-order chi connectivity index (χ0) is 8.43. The molecule has 0 atom stereocenters. The Balaban J connectivity index is 3.23. The average Bonchev–Trinajstić information content (AvgIpc) is 1.94. The summed E-state index contributed by atoms with van der Waals surface area (Å²) >= 11 is 0. The second-order valence-corrected chi connectivity index (χ2v) is 2.67. The Morgan fingerprint density at radius 1 is 1.36 bits per heavy atom. The van der Waals surface area contributed by atoms with Crippen molar-refractivity contribution in [3.63, 3.8) is 0 Å². The monoisotopic (exact) mass is 149 g/mol. The van der Waals surface area contributed by atoms with Crippen LogP contribution >= 0.6 is 0 Å². The molecule has 1 aromatic heterocycles. The van der Waals surface area contributed by atoms with Crippen LogP contribution in [0.2, 0.25) is 0 Å². The maximum absolute atomic E-state index is 11.0. The van der Waals surface area contributed by atoms with Crippen molar-refractivity contribution >= 4 is 5.78 Å². The predicted octanol–water partition coefficient (Wildman–Crippen LogP) is 1.90. The maximum atomic E-state index is 11.0. The molecule has 2 heteroatoms.